The molecule has 0 saturated carbocycles. The van der Waals surface area contributed by atoms with Gasteiger partial charge in [0.15, 0.2) is 0 Å². The van der Waals surface area contributed by atoms with E-state index < -0.39 is 5.79 Å². The monoisotopic (exact) mass is 475 g/mol. The van der Waals surface area contributed by atoms with Crippen LogP contribution in [0.2, 0.25) is 0 Å². The maximum Gasteiger partial charge on any atom is 0.345 e. The van der Waals surface area contributed by atoms with Crippen LogP contribution in [0.4, 0.5) is 0 Å². The Kier molecular flexibility index (Phi) is 5.79. The lowest BCUT2D eigenvalue weighted by molar-refractivity contribution is -0.177. The van der Waals surface area contributed by atoms with Crippen molar-refractivity contribution < 1.29 is 28.5 Å². The van der Waals surface area contributed by atoms with Crippen molar-refractivity contribution in [2.45, 2.75) is 38.4 Å². The third-order valence-corrected chi connectivity index (χ3v) is 6.88. The van der Waals surface area contributed by atoms with Gasteiger partial charge in [0.25, 0.3) is 11.7 Å². The molecule has 3 aromatic carbocycles. The van der Waals surface area contributed by atoms with Crippen LogP contribution in [-0.2, 0) is 4.74 Å². The maximum atomic E-state index is 13.4. The van der Waals surface area contributed by atoms with Gasteiger partial charge in [0.1, 0.15) is 22.8 Å². The highest BCUT2D eigenvalue weighted by molar-refractivity contribution is 6.02. The van der Waals surface area contributed by atoms with Gasteiger partial charge in [-0.05, 0) is 41.8 Å². The zero-order valence-electron chi connectivity index (χ0n) is 20.4. The molecule has 3 aromatic rings. The van der Waals surface area contributed by atoms with E-state index in [1.165, 1.54) is 0 Å². The molecule has 1 fully saturated rings. The van der Waals surface area contributed by atoms with Gasteiger partial charge in [0.2, 0.25) is 0 Å². The SMILES string of the molecule is COc1cc(C(=O)N2CCC3(CC2)OC(=O)c2cc(C(C)C)ccc2O3)cc2c(OC)cccc12. The third-order valence-electron chi connectivity index (χ3n) is 6.88. The number of rotatable bonds is 4. The van der Waals surface area contributed by atoms with Gasteiger partial charge < -0.3 is 23.8 Å². The van der Waals surface area contributed by atoms with Crippen LogP contribution in [0.3, 0.4) is 0 Å². The number of esters is 1. The molecule has 0 atom stereocenters. The number of hydrogen-bond donors (Lipinski definition) is 0. The number of benzene rings is 3. The molecule has 0 radical (unpaired) electrons. The van der Waals surface area contributed by atoms with Crippen LogP contribution in [0.5, 0.6) is 17.2 Å². The Hall–Kier alpha value is -3.74. The lowest BCUT2D eigenvalue weighted by atomic mass is 9.97. The summed E-state index contributed by atoms with van der Waals surface area (Å²) in [6, 6.07) is 15.0. The van der Waals surface area contributed by atoms with Crippen LogP contribution in [-0.4, -0.2) is 49.9 Å². The van der Waals surface area contributed by atoms with Crippen LogP contribution in [0.1, 0.15) is 58.9 Å². The van der Waals surface area contributed by atoms with E-state index in [1.807, 2.05) is 42.5 Å². The van der Waals surface area contributed by atoms with Crippen molar-refractivity contribution in [1.82, 2.24) is 4.90 Å². The molecule has 5 rings (SSSR count). The summed E-state index contributed by atoms with van der Waals surface area (Å²) in [5, 5.41) is 1.69. The number of fused-ring (bicyclic) bond motifs is 2. The van der Waals surface area contributed by atoms with Gasteiger partial charge in [-0.25, -0.2) is 4.79 Å². The first-order valence-electron chi connectivity index (χ1n) is 11.8. The van der Waals surface area contributed by atoms with Crippen molar-refractivity contribution >= 4 is 22.6 Å². The second-order valence-electron chi connectivity index (χ2n) is 9.34. The molecule has 7 nitrogen and oxygen atoms in total. The van der Waals surface area contributed by atoms with Gasteiger partial charge in [-0.1, -0.05) is 32.0 Å². The first kappa shape index (κ1) is 23.0. The average molecular weight is 476 g/mol. The fourth-order valence-corrected chi connectivity index (χ4v) is 4.83. The molecule has 0 unspecified atom stereocenters. The highest BCUT2D eigenvalue weighted by Crippen LogP contribution is 2.39. The molecule has 0 N–H and O–H groups in total. The van der Waals surface area contributed by atoms with Gasteiger partial charge in [-0.2, -0.15) is 0 Å². The van der Waals surface area contributed by atoms with Crippen molar-refractivity contribution in [3.05, 3.63) is 65.2 Å². The Balaban J connectivity index is 1.36. The standard InChI is InChI=1S/C28H29NO6/c1-17(2)18-8-9-24-22(14-18)27(31)35-28(34-24)10-12-29(13-11-28)26(30)19-15-21-20(25(16-19)33-4)6-5-7-23(21)32-3/h5-9,14-17H,10-13H2,1-4H3. The van der Waals surface area contributed by atoms with E-state index in [4.69, 9.17) is 18.9 Å². The molecule has 2 aliphatic heterocycles. The van der Waals surface area contributed by atoms with Crippen LogP contribution < -0.4 is 14.2 Å². The van der Waals surface area contributed by atoms with Crippen molar-refractivity contribution in [3.63, 3.8) is 0 Å². The average Bonchev–Trinajstić information content (AvgIpc) is 2.87. The van der Waals surface area contributed by atoms with Crippen LogP contribution in [0.25, 0.3) is 10.8 Å². The number of amides is 1. The molecule has 0 bridgehead atoms. The van der Waals surface area contributed by atoms with E-state index in [0.29, 0.717) is 60.2 Å². The van der Waals surface area contributed by atoms with E-state index >= 15 is 0 Å². The second-order valence-corrected chi connectivity index (χ2v) is 9.34. The predicted molar refractivity (Wildman–Crippen MR) is 131 cm³/mol. The molecular weight excluding hydrogens is 446 g/mol. The first-order chi connectivity index (χ1) is 16.8. The van der Waals surface area contributed by atoms with Crippen molar-refractivity contribution in [3.8, 4) is 17.2 Å². The summed E-state index contributed by atoms with van der Waals surface area (Å²) in [6.07, 6.45) is 0.785. The summed E-state index contributed by atoms with van der Waals surface area (Å²) < 4.78 is 23.1. The van der Waals surface area contributed by atoms with Gasteiger partial charge >= 0.3 is 5.97 Å². The normalized spacial score (nSPS) is 16.6. The fraction of sp³-hybridized carbons (Fsp3) is 0.357. The number of carbonyl (C=O) groups is 2. The lowest BCUT2D eigenvalue weighted by Crippen LogP contribution is -2.53. The van der Waals surface area contributed by atoms with Crippen LogP contribution in [0, 0.1) is 0 Å². The quantitative estimate of drug-likeness (QED) is 0.485. The number of nitrogens with zero attached hydrogens (tertiary/aromatic N) is 1. The van der Waals surface area contributed by atoms with Crippen molar-refractivity contribution in [2.75, 3.05) is 27.3 Å². The Bertz CT molecular complexity index is 1310. The Morgan fingerprint density at radius 2 is 1.69 bits per heavy atom. The van der Waals surface area contributed by atoms with Gasteiger partial charge in [0, 0.05) is 42.3 Å². The minimum atomic E-state index is -1.05. The van der Waals surface area contributed by atoms with E-state index in [1.54, 1.807) is 25.2 Å². The van der Waals surface area contributed by atoms with Crippen LogP contribution in [0.15, 0.2) is 48.5 Å². The molecule has 1 amide bonds. The van der Waals surface area contributed by atoms with Crippen molar-refractivity contribution in [1.29, 1.82) is 0 Å². The first-order valence-corrected chi connectivity index (χ1v) is 11.8. The largest absolute Gasteiger partial charge is 0.496 e. The zero-order valence-corrected chi connectivity index (χ0v) is 20.4. The summed E-state index contributed by atoms with van der Waals surface area (Å²) in [4.78, 5) is 28.0. The van der Waals surface area contributed by atoms with Gasteiger partial charge in [0.05, 0.1) is 14.2 Å². The van der Waals surface area contributed by atoms with Gasteiger partial charge in [-0.15, -0.1) is 0 Å². The molecule has 1 spiro atoms. The number of hydrogen-bond acceptors (Lipinski definition) is 6. The molecule has 1 saturated heterocycles. The minimum Gasteiger partial charge on any atom is -0.496 e. The number of carbonyl (C=O) groups excluding carboxylic acids is 2. The van der Waals surface area contributed by atoms with Crippen molar-refractivity contribution in [2.24, 2.45) is 0 Å². The van der Waals surface area contributed by atoms with E-state index in [0.717, 1.165) is 16.3 Å². The summed E-state index contributed by atoms with van der Waals surface area (Å²) in [5.74, 6) is 0.582. The maximum absolute atomic E-state index is 13.4. The van der Waals surface area contributed by atoms with E-state index in [2.05, 4.69) is 13.8 Å². The molecule has 0 aromatic heterocycles. The Labute approximate surface area is 204 Å². The zero-order chi connectivity index (χ0) is 24.7. The minimum absolute atomic E-state index is 0.116. The topological polar surface area (TPSA) is 74.3 Å². The smallest absolute Gasteiger partial charge is 0.345 e. The highest BCUT2D eigenvalue weighted by atomic mass is 16.7. The molecule has 2 heterocycles. The highest BCUT2D eigenvalue weighted by Gasteiger charge is 2.45. The predicted octanol–water partition coefficient (Wildman–Crippen LogP) is 5.16. The number of methoxy groups -OCH3 is 2. The molecule has 2 aliphatic rings. The second kappa shape index (κ2) is 8.80. The van der Waals surface area contributed by atoms with Gasteiger partial charge in [-0.3, -0.25) is 4.79 Å². The number of piperidine rings is 1. The number of likely N-dealkylation sites (tertiary alicyclic amines) is 1. The Morgan fingerprint density at radius 3 is 2.37 bits per heavy atom. The summed E-state index contributed by atoms with van der Waals surface area (Å²) >= 11 is 0. The number of ether oxygens (including phenoxy) is 4. The summed E-state index contributed by atoms with van der Waals surface area (Å²) in [7, 11) is 3.19. The van der Waals surface area contributed by atoms with E-state index in [-0.39, 0.29) is 11.9 Å². The Morgan fingerprint density at radius 1 is 0.943 bits per heavy atom. The fourth-order valence-electron chi connectivity index (χ4n) is 4.83. The molecule has 35 heavy (non-hydrogen) atoms. The lowest BCUT2D eigenvalue weighted by Gasteiger charge is -2.43. The van der Waals surface area contributed by atoms with Crippen LogP contribution >= 0.6 is 0 Å². The van der Waals surface area contributed by atoms with E-state index in [9.17, 15) is 9.59 Å². The third kappa shape index (κ3) is 4.05. The summed E-state index contributed by atoms with van der Waals surface area (Å²) in [5.41, 5.74) is 2.03. The summed E-state index contributed by atoms with van der Waals surface area (Å²) in [6.45, 7) is 4.95. The molecule has 182 valence electrons. The molecule has 0 aliphatic carbocycles. The molecular formula is C28H29NO6. The molecule has 7 heteroatoms.